The molecule has 0 unspecified atom stereocenters. The summed E-state index contributed by atoms with van der Waals surface area (Å²) in [6.45, 7) is 26.3. The average Bonchev–Trinajstić information content (AvgIpc) is 3.19. The summed E-state index contributed by atoms with van der Waals surface area (Å²) in [5, 5.41) is 0. The number of nitrogens with zero attached hydrogens (tertiary/aromatic N) is 2. The Kier molecular flexibility index (Phi) is 8.48. The van der Waals surface area contributed by atoms with E-state index in [0.29, 0.717) is 40.5 Å². The van der Waals surface area contributed by atoms with E-state index in [4.69, 9.17) is 9.42 Å². The maximum Gasteiger partial charge on any atom is 0.226 e. The van der Waals surface area contributed by atoms with E-state index in [1.165, 1.54) is 37.8 Å². The number of hydrogen-bond acceptors (Lipinski definition) is 3. The van der Waals surface area contributed by atoms with Crippen molar-refractivity contribution < 1.29 is 9.22 Å². The fourth-order valence-electron chi connectivity index (χ4n) is 10.3. The molecule has 0 spiro atoms. The Hall–Kier alpha value is -0.683. The highest BCUT2D eigenvalue weighted by molar-refractivity contribution is 6.77. The van der Waals surface area contributed by atoms with Crippen LogP contribution in [0.15, 0.2) is 4.99 Å². The molecule has 0 aromatic rings. The Labute approximate surface area is 229 Å². The number of fused-ring (bicyclic) bond motifs is 5. The van der Waals surface area contributed by atoms with Crippen LogP contribution >= 0.6 is 0 Å². The van der Waals surface area contributed by atoms with E-state index >= 15 is 0 Å². The lowest BCUT2D eigenvalue weighted by molar-refractivity contribution is -0.141. The third kappa shape index (κ3) is 4.60. The highest BCUT2D eigenvalue weighted by Gasteiger charge is 2.61. The molecule has 0 aromatic heterocycles. The van der Waals surface area contributed by atoms with Crippen molar-refractivity contribution in [3.63, 3.8) is 0 Å². The predicted octanol–water partition coefficient (Wildman–Crippen LogP) is 8.12. The summed E-state index contributed by atoms with van der Waals surface area (Å²) in [7, 11) is -1.88. The molecule has 1 aliphatic heterocycles. The number of amides is 1. The van der Waals surface area contributed by atoms with E-state index in [1.807, 2.05) is 0 Å². The van der Waals surface area contributed by atoms with Crippen LogP contribution in [0.5, 0.6) is 0 Å². The molecule has 3 fully saturated rings. The highest BCUT2D eigenvalue weighted by atomic mass is 28.4. The molecule has 212 valence electrons. The second-order valence-corrected chi connectivity index (χ2v) is 20.0. The van der Waals surface area contributed by atoms with Crippen LogP contribution in [0.2, 0.25) is 16.6 Å². The van der Waals surface area contributed by atoms with Gasteiger partial charge in [-0.2, -0.15) is 0 Å². The number of rotatable bonds is 8. The van der Waals surface area contributed by atoms with Crippen molar-refractivity contribution in [1.29, 1.82) is 0 Å². The molecular weight excluding hydrogens is 472 g/mol. The van der Waals surface area contributed by atoms with Crippen molar-refractivity contribution in [2.24, 2.45) is 39.5 Å². The van der Waals surface area contributed by atoms with E-state index in [2.05, 4.69) is 74.1 Å². The molecule has 0 saturated heterocycles. The Morgan fingerprint density at radius 3 is 2.14 bits per heavy atom. The Morgan fingerprint density at radius 2 is 1.57 bits per heavy atom. The normalized spacial score (nSPS) is 37.9. The van der Waals surface area contributed by atoms with Crippen LogP contribution < -0.4 is 0 Å². The fourth-order valence-corrected chi connectivity index (χ4v) is 15.9. The van der Waals surface area contributed by atoms with Gasteiger partial charge >= 0.3 is 0 Å². The van der Waals surface area contributed by atoms with Crippen LogP contribution in [0.25, 0.3) is 0 Å². The quantitative estimate of drug-likeness (QED) is 0.297. The van der Waals surface area contributed by atoms with Gasteiger partial charge < -0.3 is 9.33 Å². The number of carbonyl (C=O) groups is 1. The summed E-state index contributed by atoms with van der Waals surface area (Å²) in [6.07, 6.45) is 8.58. The standard InChI is InChI=1S/C32H58N2O2Si/c1-11-34(12-2)30(35)28-14-13-26-25-20-33-29-19-24(36-37(21(3)4,22(5)6)23(7)8)15-17-32(29,10)27(25)16-18-31(26,28)9/h21-28H,11-20H2,1-10H3/t24-,25-,26-,27-,28+,31-,32+/m0/s1. The summed E-state index contributed by atoms with van der Waals surface area (Å²) in [5.74, 6) is 2.65. The lowest BCUT2D eigenvalue weighted by Crippen LogP contribution is -2.57. The molecule has 3 saturated carbocycles. The van der Waals surface area contributed by atoms with Gasteiger partial charge in [0, 0.05) is 43.1 Å². The van der Waals surface area contributed by atoms with Crippen LogP contribution in [0.4, 0.5) is 0 Å². The highest BCUT2D eigenvalue weighted by Crippen LogP contribution is 2.64. The number of hydrogen-bond donors (Lipinski definition) is 0. The van der Waals surface area contributed by atoms with Crippen LogP contribution in [-0.4, -0.2) is 50.6 Å². The minimum Gasteiger partial charge on any atom is -0.413 e. The summed E-state index contributed by atoms with van der Waals surface area (Å²) < 4.78 is 7.28. The Bertz CT molecular complexity index is 843. The second kappa shape index (κ2) is 10.7. The number of aliphatic imine (C=N–C) groups is 1. The van der Waals surface area contributed by atoms with Gasteiger partial charge in [0.1, 0.15) is 0 Å². The topological polar surface area (TPSA) is 41.9 Å². The first-order valence-electron chi connectivity index (χ1n) is 15.9. The maximum absolute atomic E-state index is 13.5. The SMILES string of the molecule is CCN(CC)C(=O)[C@H]1CC[C@H]2[C@@H]3CN=C4C[C@@H](O[Si](C(C)C)(C(C)C)C(C)C)CC[C@]4(C)[C@H]3CC[C@]12C. The van der Waals surface area contributed by atoms with Gasteiger partial charge in [0.2, 0.25) is 14.2 Å². The van der Waals surface area contributed by atoms with Gasteiger partial charge in [-0.15, -0.1) is 0 Å². The van der Waals surface area contributed by atoms with Gasteiger partial charge in [-0.25, -0.2) is 0 Å². The van der Waals surface area contributed by atoms with Crippen molar-refractivity contribution in [3.8, 4) is 0 Å². The van der Waals surface area contributed by atoms with Gasteiger partial charge in [-0.05, 0) is 92.2 Å². The number of carbonyl (C=O) groups excluding carboxylic acids is 1. The molecule has 1 amide bonds. The molecule has 37 heavy (non-hydrogen) atoms. The first-order chi connectivity index (χ1) is 17.4. The molecular formula is C32H58N2O2Si. The van der Waals surface area contributed by atoms with E-state index in [0.717, 1.165) is 38.4 Å². The predicted molar refractivity (Wildman–Crippen MR) is 159 cm³/mol. The largest absolute Gasteiger partial charge is 0.413 e. The fraction of sp³-hybridized carbons (Fsp3) is 0.938. The first kappa shape index (κ1) is 29.3. The Balaban J connectivity index is 1.53. The van der Waals surface area contributed by atoms with Crippen molar-refractivity contribution in [2.45, 2.75) is 137 Å². The smallest absolute Gasteiger partial charge is 0.226 e. The van der Waals surface area contributed by atoms with Gasteiger partial charge in [0.25, 0.3) is 0 Å². The van der Waals surface area contributed by atoms with Crippen LogP contribution in [0, 0.1) is 34.5 Å². The minimum absolute atomic E-state index is 0.154. The van der Waals surface area contributed by atoms with Crippen molar-refractivity contribution in [3.05, 3.63) is 0 Å². The third-order valence-electron chi connectivity index (χ3n) is 12.3. The van der Waals surface area contributed by atoms with Crippen LogP contribution in [0.3, 0.4) is 0 Å². The lowest BCUT2D eigenvalue weighted by Gasteiger charge is -2.58. The molecule has 4 nitrogen and oxygen atoms in total. The molecule has 0 radical (unpaired) electrons. The minimum atomic E-state index is -1.88. The second-order valence-electron chi connectivity index (χ2n) is 14.6. The molecule has 4 rings (SSSR count). The van der Waals surface area contributed by atoms with Crippen molar-refractivity contribution in [1.82, 2.24) is 4.90 Å². The van der Waals surface area contributed by atoms with Crippen molar-refractivity contribution >= 4 is 19.9 Å². The summed E-state index contributed by atoms with van der Waals surface area (Å²) >= 11 is 0. The summed E-state index contributed by atoms with van der Waals surface area (Å²) in [4.78, 5) is 21.0. The van der Waals surface area contributed by atoms with Crippen LogP contribution in [0.1, 0.15) is 114 Å². The zero-order chi connectivity index (χ0) is 27.3. The molecule has 1 heterocycles. The average molecular weight is 531 g/mol. The summed E-state index contributed by atoms with van der Waals surface area (Å²) in [5.41, 5.74) is 3.74. The van der Waals surface area contributed by atoms with Gasteiger partial charge in [-0.3, -0.25) is 9.79 Å². The molecule has 0 N–H and O–H groups in total. The molecule has 3 aliphatic carbocycles. The van der Waals surface area contributed by atoms with E-state index in [9.17, 15) is 4.79 Å². The molecule has 4 aliphatic rings. The zero-order valence-corrected chi connectivity index (χ0v) is 26.9. The maximum atomic E-state index is 13.5. The monoisotopic (exact) mass is 530 g/mol. The first-order valence-corrected chi connectivity index (χ1v) is 18.0. The van der Waals surface area contributed by atoms with Crippen molar-refractivity contribution in [2.75, 3.05) is 19.6 Å². The van der Waals surface area contributed by atoms with Gasteiger partial charge in [0.05, 0.1) is 6.10 Å². The molecule has 0 bridgehead atoms. The Morgan fingerprint density at radius 1 is 0.946 bits per heavy atom. The molecule has 5 heteroatoms. The molecule has 0 aromatic carbocycles. The van der Waals surface area contributed by atoms with E-state index < -0.39 is 8.32 Å². The molecule has 7 atom stereocenters. The summed E-state index contributed by atoms with van der Waals surface area (Å²) in [6, 6.07) is 0. The zero-order valence-electron chi connectivity index (χ0n) is 25.9. The van der Waals surface area contributed by atoms with Crippen LogP contribution in [-0.2, 0) is 9.22 Å². The van der Waals surface area contributed by atoms with Gasteiger partial charge in [0.15, 0.2) is 0 Å². The van der Waals surface area contributed by atoms with E-state index in [1.54, 1.807) is 0 Å². The van der Waals surface area contributed by atoms with Gasteiger partial charge in [-0.1, -0.05) is 55.4 Å². The third-order valence-corrected chi connectivity index (χ3v) is 18.4. The van der Waals surface area contributed by atoms with E-state index in [-0.39, 0.29) is 16.7 Å². The lowest BCUT2D eigenvalue weighted by atomic mass is 9.49.